The fraction of sp³-hybridized carbons (Fsp3) is 0.733. The van der Waals surface area contributed by atoms with Crippen molar-refractivity contribution >= 4 is 11.9 Å². The molecule has 68 heavy (non-hydrogen) atoms. The molecule has 6 atom stereocenters. The summed E-state index contributed by atoms with van der Waals surface area (Å²) in [5.74, 6) is 24.2. The van der Waals surface area contributed by atoms with Crippen LogP contribution in [0.4, 0.5) is 0 Å². The molecule has 378 valence electrons. The Labute approximate surface area is 414 Å². The van der Waals surface area contributed by atoms with Crippen LogP contribution in [0.25, 0.3) is 0 Å². The summed E-state index contributed by atoms with van der Waals surface area (Å²) in [6.07, 6.45) is 32.2. The normalized spacial score (nSPS) is 19.4. The van der Waals surface area contributed by atoms with Crippen molar-refractivity contribution in [1.29, 1.82) is 0 Å². The Balaban J connectivity index is 1.35. The lowest BCUT2D eigenvalue weighted by Crippen LogP contribution is -2.64. The molecule has 2 aliphatic rings. The molecule has 8 nitrogen and oxygen atoms in total. The molecule has 0 N–H and O–H groups in total. The van der Waals surface area contributed by atoms with Gasteiger partial charge in [0.2, 0.25) is 0 Å². The quantitative estimate of drug-likeness (QED) is 0.0373. The van der Waals surface area contributed by atoms with E-state index in [1.807, 2.05) is 30.3 Å². The van der Waals surface area contributed by atoms with Gasteiger partial charge in [0, 0.05) is 51.2 Å². The average molecular weight is 939 g/mol. The molecule has 2 fully saturated rings. The molecule has 2 aliphatic heterocycles. The zero-order valence-electron chi connectivity index (χ0n) is 42.9. The number of carbonyl (C=O) groups excluding carboxylic acids is 2. The third kappa shape index (κ3) is 28.0. The molecule has 0 spiro atoms. The first kappa shape index (κ1) is 58.6. The van der Waals surface area contributed by atoms with Crippen molar-refractivity contribution in [2.45, 2.75) is 269 Å². The summed E-state index contributed by atoms with van der Waals surface area (Å²) in [5.41, 5.74) is 0.838. The highest BCUT2D eigenvalue weighted by Gasteiger charge is 2.54. The van der Waals surface area contributed by atoms with Gasteiger partial charge in [0.15, 0.2) is 24.8 Å². The molecule has 0 amide bonds. The van der Waals surface area contributed by atoms with E-state index in [2.05, 4.69) is 61.2 Å². The molecule has 1 aromatic carbocycles. The molecule has 0 aliphatic carbocycles. The first-order valence-electron chi connectivity index (χ1n) is 27.4. The number of ether oxygens (including phenoxy) is 6. The van der Waals surface area contributed by atoms with Gasteiger partial charge in [-0.05, 0) is 62.2 Å². The summed E-state index contributed by atoms with van der Waals surface area (Å²) < 4.78 is 36.7. The Kier molecular flexibility index (Phi) is 35.4. The lowest BCUT2D eigenvalue weighted by Gasteiger charge is -2.47. The topological polar surface area (TPSA) is 89.5 Å². The third-order valence-corrected chi connectivity index (χ3v) is 12.8. The lowest BCUT2D eigenvalue weighted by atomic mass is 9.97. The number of hydrogen-bond donors (Lipinski definition) is 0. The van der Waals surface area contributed by atoms with Crippen molar-refractivity contribution in [1.82, 2.24) is 0 Å². The van der Waals surface area contributed by atoms with E-state index < -0.39 is 37.0 Å². The molecule has 0 radical (unpaired) electrons. The number of unbranched alkanes of at least 4 members (excludes halogenated alkanes) is 28. The third-order valence-electron chi connectivity index (χ3n) is 12.8. The zero-order valence-corrected chi connectivity index (χ0v) is 42.9. The van der Waals surface area contributed by atoms with Crippen LogP contribution in [0, 0.1) is 47.4 Å². The SMILES string of the molecule is CCCCCCCCCCC#CC#CCCCCCCCCC(=O)O[C@@H]1[C@@H](OC(=O)CCCCCCCCC#CC#CCCCCCCCCCC)[C@@H](OC)O[C@@H]2COC(c3ccccc3)O[C@@H]12. The summed E-state index contributed by atoms with van der Waals surface area (Å²) in [7, 11) is 1.50. The number of esters is 2. The van der Waals surface area contributed by atoms with Crippen molar-refractivity contribution in [3.8, 4) is 47.4 Å². The van der Waals surface area contributed by atoms with Crippen molar-refractivity contribution < 1.29 is 38.0 Å². The molecular weight excluding hydrogens is 849 g/mol. The Hall–Kier alpha value is -3.76. The van der Waals surface area contributed by atoms with Gasteiger partial charge in [0.1, 0.15) is 12.2 Å². The van der Waals surface area contributed by atoms with Gasteiger partial charge in [-0.25, -0.2) is 0 Å². The highest BCUT2D eigenvalue weighted by Crippen LogP contribution is 2.37. The first-order valence-corrected chi connectivity index (χ1v) is 27.4. The number of benzene rings is 1. The van der Waals surface area contributed by atoms with E-state index in [0.29, 0.717) is 12.8 Å². The van der Waals surface area contributed by atoms with Gasteiger partial charge in [0.05, 0.1) is 6.61 Å². The molecular formula is C60H90O8. The summed E-state index contributed by atoms with van der Waals surface area (Å²) in [4.78, 5) is 26.8. The predicted octanol–water partition coefficient (Wildman–Crippen LogP) is 14.6. The Morgan fingerprint density at radius 3 is 1.29 bits per heavy atom. The van der Waals surface area contributed by atoms with Gasteiger partial charge in [-0.2, -0.15) is 0 Å². The summed E-state index contributed by atoms with van der Waals surface area (Å²) >= 11 is 0. The van der Waals surface area contributed by atoms with Crippen LogP contribution in [0.1, 0.15) is 244 Å². The van der Waals surface area contributed by atoms with E-state index in [1.165, 1.54) is 110 Å². The number of carbonyl (C=O) groups is 2. The van der Waals surface area contributed by atoms with E-state index in [4.69, 9.17) is 28.4 Å². The van der Waals surface area contributed by atoms with Gasteiger partial charge in [-0.1, -0.05) is 209 Å². The number of fused-ring (bicyclic) bond motifs is 1. The predicted molar refractivity (Wildman–Crippen MR) is 275 cm³/mol. The van der Waals surface area contributed by atoms with Crippen LogP contribution in [0.2, 0.25) is 0 Å². The first-order chi connectivity index (χ1) is 33.6. The average Bonchev–Trinajstić information content (AvgIpc) is 3.35. The minimum absolute atomic E-state index is 0.206. The van der Waals surface area contributed by atoms with Gasteiger partial charge in [-0.3, -0.25) is 9.59 Å². The highest BCUT2D eigenvalue weighted by molar-refractivity contribution is 5.70. The Bertz CT molecular complexity index is 1700. The van der Waals surface area contributed by atoms with Crippen LogP contribution < -0.4 is 0 Å². The van der Waals surface area contributed by atoms with Crippen molar-refractivity contribution in [2.24, 2.45) is 0 Å². The summed E-state index contributed by atoms with van der Waals surface area (Å²) in [6, 6.07) is 9.63. The van der Waals surface area contributed by atoms with E-state index in [-0.39, 0.29) is 31.4 Å². The standard InChI is InChI=1S/C60H90O8/c1-4-6-8-10-12-14-16-18-20-22-24-26-28-30-32-34-36-38-40-45-49-54(61)66-57-56-53(51-64-59(68-56)52-47-43-42-44-48-52)65-60(63-3)58(57)67-55(62)50-46-41-39-37-35-33-31-29-27-25-23-21-19-17-15-13-11-9-7-5-2/h42-44,47-48,53,56-60H,4-21,30-41,45-46,49-51H2,1-3H3/t53-,56-,57+,58-,59?,60+/m1/s1. The van der Waals surface area contributed by atoms with Gasteiger partial charge in [0.25, 0.3) is 0 Å². The zero-order chi connectivity index (χ0) is 48.4. The highest BCUT2D eigenvalue weighted by atomic mass is 16.8. The molecule has 2 saturated heterocycles. The van der Waals surface area contributed by atoms with Gasteiger partial charge >= 0.3 is 11.9 Å². The number of rotatable bonds is 36. The van der Waals surface area contributed by atoms with Crippen molar-refractivity contribution in [2.75, 3.05) is 13.7 Å². The Morgan fingerprint density at radius 1 is 0.500 bits per heavy atom. The number of methoxy groups -OCH3 is 1. The second-order valence-corrected chi connectivity index (χ2v) is 18.8. The van der Waals surface area contributed by atoms with Crippen LogP contribution in [-0.4, -0.2) is 56.4 Å². The lowest BCUT2D eigenvalue weighted by molar-refractivity contribution is -0.359. The largest absolute Gasteiger partial charge is 0.455 e. The van der Waals surface area contributed by atoms with E-state index in [1.54, 1.807) is 0 Å². The summed E-state index contributed by atoms with van der Waals surface area (Å²) in [6.45, 7) is 4.72. The van der Waals surface area contributed by atoms with Gasteiger partial charge in [-0.15, -0.1) is 0 Å². The minimum atomic E-state index is -0.993. The molecule has 8 heteroatoms. The monoisotopic (exact) mass is 939 g/mol. The maximum absolute atomic E-state index is 13.5. The summed E-state index contributed by atoms with van der Waals surface area (Å²) in [5, 5.41) is 0. The molecule has 1 unspecified atom stereocenters. The van der Waals surface area contributed by atoms with Crippen LogP contribution in [0.5, 0.6) is 0 Å². The minimum Gasteiger partial charge on any atom is -0.455 e. The van der Waals surface area contributed by atoms with Crippen LogP contribution in [0.15, 0.2) is 30.3 Å². The van der Waals surface area contributed by atoms with Crippen LogP contribution >= 0.6 is 0 Å². The molecule has 0 saturated carbocycles. The number of hydrogen-bond acceptors (Lipinski definition) is 8. The maximum atomic E-state index is 13.5. The smallest absolute Gasteiger partial charge is 0.306 e. The van der Waals surface area contributed by atoms with Crippen LogP contribution in [-0.2, 0) is 38.0 Å². The Morgan fingerprint density at radius 2 is 0.882 bits per heavy atom. The second kappa shape index (κ2) is 41.1. The second-order valence-electron chi connectivity index (χ2n) is 18.8. The van der Waals surface area contributed by atoms with Gasteiger partial charge < -0.3 is 28.4 Å². The van der Waals surface area contributed by atoms with E-state index >= 15 is 0 Å². The van der Waals surface area contributed by atoms with E-state index in [9.17, 15) is 9.59 Å². The van der Waals surface area contributed by atoms with E-state index in [0.717, 1.165) is 95.5 Å². The molecule has 2 heterocycles. The molecule has 0 aromatic heterocycles. The fourth-order valence-electron chi connectivity index (χ4n) is 8.70. The van der Waals surface area contributed by atoms with Crippen LogP contribution in [0.3, 0.4) is 0 Å². The molecule has 0 bridgehead atoms. The van der Waals surface area contributed by atoms with Crippen molar-refractivity contribution in [3.05, 3.63) is 35.9 Å². The maximum Gasteiger partial charge on any atom is 0.306 e. The molecule has 3 rings (SSSR count). The fourth-order valence-corrected chi connectivity index (χ4v) is 8.70. The van der Waals surface area contributed by atoms with Crippen molar-refractivity contribution in [3.63, 3.8) is 0 Å². The molecule has 1 aromatic rings.